The molecule has 0 N–H and O–H groups in total. The minimum Gasteiger partial charge on any atom is -0.464 e. The van der Waals surface area contributed by atoms with Crippen LogP contribution in [0.25, 0.3) is 11.0 Å². The smallest absolute Gasteiger partial charge is 0.227 e. The SMILES string of the molecule is Cc1ccc2occ(CC(=O)N(Cc3cccc(Cl)c3)[C@@H]3CCS(=O)(=O)C3)c2c1. The Balaban J connectivity index is 1.62. The number of rotatable bonds is 5. The summed E-state index contributed by atoms with van der Waals surface area (Å²) in [7, 11) is -3.12. The summed E-state index contributed by atoms with van der Waals surface area (Å²) in [5, 5.41) is 1.50. The summed E-state index contributed by atoms with van der Waals surface area (Å²) in [6.45, 7) is 2.32. The molecule has 5 nitrogen and oxygen atoms in total. The largest absolute Gasteiger partial charge is 0.464 e. The molecule has 0 bridgehead atoms. The van der Waals surface area contributed by atoms with Gasteiger partial charge < -0.3 is 9.32 Å². The molecule has 2 heterocycles. The van der Waals surface area contributed by atoms with Crippen LogP contribution in [-0.4, -0.2) is 36.8 Å². The normalized spacial score (nSPS) is 18.2. The number of amides is 1. The number of carbonyl (C=O) groups is 1. The van der Waals surface area contributed by atoms with Crippen molar-refractivity contribution >= 4 is 38.3 Å². The van der Waals surface area contributed by atoms with E-state index in [-0.39, 0.29) is 29.9 Å². The number of halogens is 1. The first-order chi connectivity index (χ1) is 13.8. The van der Waals surface area contributed by atoms with E-state index in [9.17, 15) is 13.2 Å². The van der Waals surface area contributed by atoms with Gasteiger partial charge in [-0.2, -0.15) is 0 Å². The number of carbonyl (C=O) groups excluding carboxylic acids is 1. The predicted octanol–water partition coefficient (Wildman–Crippen LogP) is 4.15. The second-order valence-electron chi connectivity index (χ2n) is 7.65. The summed E-state index contributed by atoms with van der Waals surface area (Å²) < 4.78 is 29.7. The minimum atomic E-state index is -3.12. The second-order valence-corrected chi connectivity index (χ2v) is 10.3. The Bertz CT molecular complexity index is 1170. The molecule has 7 heteroatoms. The van der Waals surface area contributed by atoms with E-state index in [4.69, 9.17) is 16.0 Å². The van der Waals surface area contributed by atoms with Gasteiger partial charge in [-0.3, -0.25) is 4.79 Å². The van der Waals surface area contributed by atoms with Gasteiger partial charge in [0.1, 0.15) is 5.58 Å². The molecular weight excluding hydrogens is 410 g/mol. The van der Waals surface area contributed by atoms with Crippen LogP contribution in [0.3, 0.4) is 0 Å². The van der Waals surface area contributed by atoms with Crippen molar-refractivity contribution in [2.75, 3.05) is 11.5 Å². The molecule has 0 unspecified atom stereocenters. The molecule has 2 aromatic carbocycles. The number of hydrogen-bond acceptors (Lipinski definition) is 4. The van der Waals surface area contributed by atoms with E-state index in [1.54, 1.807) is 17.2 Å². The van der Waals surface area contributed by atoms with Crippen LogP contribution in [0.1, 0.15) is 23.1 Å². The monoisotopic (exact) mass is 431 g/mol. The maximum Gasteiger partial charge on any atom is 0.227 e. The lowest BCUT2D eigenvalue weighted by Gasteiger charge is -2.28. The van der Waals surface area contributed by atoms with E-state index in [0.717, 1.165) is 27.7 Å². The van der Waals surface area contributed by atoms with Crippen molar-refractivity contribution in [1.82, 2.24) is 4.90 Å². The number of benzene rings is 2. The van der Waals surface area contributed by atoms with Gasteiger partial charge in [0.05, 0.1) is 24.2 Å². The Morgan fingerprint density at radius 2 is 2.07 bits per heavy atom. The van der Waals surface area contributed by atoms with Gasteiger partial charge >= 0.3 is 0 Å². The molecule has 0 aliphatic carbocycles. The summed E-state index contributed by atoms with van der Waals surface area (Å²) in [6, 6.07) is 12.8. The van der Waals surface area contributed by atoms with Crippen molar-refractivity contribution in [2.24, 2.45) is 0 Å². The maximum absolute atomic E-state index is 13.3. The van der Waals surface area contributed by atoms with Crippen LogP contribution in [-0.2, 0) is 27.6 Å². The van der Waals surface area contributed by atoms with E-state index in [1.165, 1.54) is 0 Å². The molecule has 1 aliphatic heterocycles. The van der Waals surface area contributed by atoms with Gasteiger partial charge in [0.15, 0.2) is 9.84 Å². The summed E-state index contributed by atoms with van der Waals surface area (Å²) in [6.07, 6.45) is 2.23. The van der Waals surface area contributed by atoms with Gasteiger partial charge in [-0.15, -0.1) is 0 Å². The molecule has 0 spiro atoms. The summed E-state index contributed by atoms with van der Waals surface area (Å²) in [5.74, 6) is 0.00586. The molecule has 1 saturated heterocycles. The lowest BCUT2D eigenvalue weighted by molar-refractivity contribution is -0.133. The molecule has 1 fully saturated rings. The second kappa shape index (κ2) is 7.84. The van der Waals surface area contributed by atoms with E-state index in [1.807, 2.05) is 43.3 Å². The highest BCUT2D eigenvalue weighted by Crippen LogP contribution is 2.26. The van der Waals surface area contributed by atoms with Crippen molar-refractivity contribution in [3.63, 3.8) is 0 Å². The molecule has 0 radical (unpaired) electrons. The van der Waals surface area contributed by atoms with E-state index >= 15 is 0 Å². The third-order valence-corrected chi connectivity index (χ3v) is 7.35. The fourth-order valence-corrected chi connectivity index (χ4v) is 5.81. The predicted molar refractivity (Wildman–Crippen MR) is 114 cm³/mol. The Hall–Kier alpha value is -2.31. The molecule has 1 aliphatic rings. The quantitative estimate of drug-likeness (QED) is 0.608. The zero-order chi connectivity index (χ0) is 20.6. The van der Waals surface area contributed by atoms with Crippen LogP contribution in [0.15, 0.2) is 53.1 Å². The van der Waals surface area contributed by atoms with Gasteiger partial charge in [-0.1, -0.05) is 35.4 Å². The topological polar surface area (TPSA) is 67.6 Å². The molecule has 3 aromatic rings. The summed E-state index contributed by atoms with van der Waals surface area (Å²) in [5.41, 5.74) is 3.52. The molecule has 1 atom stereocenters. The molecule has 0 saturated carbocycles. The number of aryl methyl sites for hydroxylation is 1. The molecule has 1 aromatic heterocycles. The number of nitrogens with zero attached hydrogens (tertiary/aromatic N) is 1. The first-order valence-electron chi connectivity index (χ1n) is 9.52. The maximum atomic E-state index is 13.3. The Kier molecular flexibility index (Phi) is 5.40. The highest BCUT2D eigenvalue weighted by atomic mass is 35.5. The minimum absolute atomic E-state index is 0.00451. The Morgan fingerprint density at radius 3 is 2.79 bits per heavy atom. The average molecular weight is 432 g/mol. The Morgan fingerprint density at radius 1 is 1.24 bits per heavy atom. The van der Waals surface area contributed by atoms with E-state index < -0.39 is 9.84 Å². The molecule has 1 amide bonds. The van der Waals surface area contributed by atoms with Crippen LogP contribution in [0, 0.1) is 6.92 Å². The van der Waals surface area contributed by atoms with Crippen LogP contribution in [0.5, 0.6) is 0 Å². The number of fused-ring (bicyclic) bond motifs is 1. The van der Waals surface area contributed by atoms with Crippen LogP contribution < -0.4 is 0 Å². The molecule has 152 valence electrons. The van der Waals surface area contributed by atoms with Crippen molar-refractivity contribution in [3.05, 3.63) is 70.4 Å². The molecule has 29 heavy (non-hydrogen) atoms. The zero-order valence-corrected chi connectivity index (χ0v) is 17.7. The lowest BCUT2D eigenvalue weighted by Crippen LogP contribution is -2.41. The van der Waals surface area contributed by atoms with E-state index in [2.05, 4.69) is 0 Å². The first kappa shape index (κ1) is 20.0. The lowest BCUT2D eigenvalue weighted by atomic mass is 10.1. The number of sulfone groups is 1. The third-order valence-electron chi connectivity index (χ3n) is 5.36. The van der Waals surface area contributed by atoms with Crippen LogP contribution in [0.2, 0.25) is 5.02 Å². The average Bonchev–Trinajstić information content (AvgIpc) is 3.22. The van der Waals surface area contributed by atoms with Crippen molar-refractivity contribution < 1.29 is 17.6 Å². The van der Waals surface area contributed by atoms with Gasteiger partial charge in [0.2, 0.25) is 5.91 Å². The van der Waals surface area contributed by atoms with Gasteiger partial charge in [0.25, 0.3) is 0 Å². The zero-order valence-electron chi connectivity index (χ0n) is 16.1. The summed E-state index contributed by atoms with van der Waals surface area (Å²) in [4.78, 5) is 15.0. The fourth-order valence-electron chi connectivity index (χ4n) is 3.87. The van der Waals surface area contributed by atoms with Crippen molar-refractivity contribution in [1.29, 1.82) is 0 Å². The number of furan rings is 1. The van der Waals surface area contributed by atoms with Crippen LogP contribution >= 0.6 is 11.6 Å². The van der Waals surface area contributed by atoms with Gasteiger partial charge in [0, 0.05) is 28.6 Å². The first-order valence-corrected chi connectivity index (χ1v) is 11.7. The van der Waals surface area contributed by atoms with Gasteiger partial charge in [-0.25, -0.2) is 8.42 Å². The highest BCUT2D eigenvalue weighted by molar-refractivity contribution is 7.91. The van der Waals surface area contributed by atoms with Gasteiger partial charge in [-0.05, 0) is 43.2 Å². The standard InChI is InChI=1S/C22H22ClNO4S/c1-15-5-6-21-20(9-15)17(13-28-21)11-22(25)24(19-7-8-29(26,27)14-19)12-16-3-2-4-18(23)10-16/h2-6,9-10,13,19H,7-8,11-12,14H2,1H3/t19-/m1/s1. The number of hydrogen-bond donors (Lipinski definition) is 0. The van der Waals surface area contributed by atoms with Crippen molar-refractivity contribution in [2.45, 2.75) is 32.4 Å². The van der Waals surface area contributed by atoms with Crippen molar-refractivity contribution in [3.8, 4) is 0 Å². The Labute approximate surface area is 175 Å². The fraction of sp³-hybridized carbons (Fsp3) is 0.318. The van der Waals surface area contributed by atoms with Crippen LogP contribution in [0.4, 0.5) is 0 Å². The summed E-state index contributed by atoms with van der Waals surface area (Å²) >= 11 is 6.10. The molecular formula is C22H22ClNO4S. The molecule has 4 rings (SSSR count). The highest BCUT2D eigenvalue weighted by Gasteiger charge is 2.34. The third kappa shape index (κ3) is 4.49. The van der Waals surface area contributed by atoms with E-state index in [0.29, 0.717) is 18.0 Å².